The Hall–Kier alpha value is -1.00. The second-order valence-electron chi connectivity index (χ2n) is 4.46. The van der Waals surface area contributed by atoms with Crippen LogP contribution in [0.5, 0.6) is 0 Å². The monoisotopic (exact) mass is 256 g/mol. The molecule has 1 aromatic rings. The van der Waals surface area contributed by atoms with E-state index < -0.39 is 0 Å². The third kappa shape index (κ3) is 3.75. The van der Waals surface area contributed by atoms with Crippen LogP contribution in [0.4, 0.5) is 11.5 Å². The van der Waals surface area contributed by atoms with E-state index in [-0.39, 0.29) is 0 Å². The Bertz CT molecular complexity index is 368. The first-order valence-electron chi connectivity index (χ1n) is 5.78. The molecule has 0 aliphatic rings. The van der Waals surface area contributed by atoms with Crippen LogP contribution >= 0.6 is 11.6 Å². The lowest BCUT2D eigenvalue weighted by Crippen LogP contribution is -2.40. The average Bonchev–Trinajstić information content (AvgIpc) is 2.21. The van der Waals surface area contributed by atoms with Gasteiger partial charge < -0.3 is 15.5 Å². The lowest BCUT2D eigenvalue weighted by Gasteiger charge is -2.31. The van der Waals surface area contributed by atoms with E-state index >= 15 is 0 Å². The van der Waals surface area contributed by atoms with Crippen LogP contribution in [0.3, 0.4) is 0 Å². The molecule has 4 nitrogen and oxygen atoms in total. The third-order valence-electron chi connectivity index (χ3n) is 2.64. The topological polar surface area (TPSA) is 45.4 Å². The van der Waals surface area contributed by atoms with Crippen LogP contribution in [0.1, 0.15) is 13.8 Å². The minimum atomic E-state index is 0.353. The molecule has 0 spiro atoms. The summed E-state index contributed by atoms with van der Waals surface area (Å²) < 4.78 is 0. The first-order valence-corrected chi connectivity index (χ1v) is 6.15. The molecule has 0 bridgehead atoms. The Labute approximate surface area is 108 Å². The minimum Gasteiger partial charge on any atom is -0.396 e. The van der Waals surface area contributed by atoms with Gasteiger partial charge in [-0.1, -0.05) is 11.6 Å². The molecule has 0 aromatic carbocycles. The van der Waals surface area contributed by atoms with Crippen molar-refractivity contribution in [3.63, 3.8) is 0 Å². The molecule has 1 rings (SSSR count). The number of aromatic nitrogens is 1. The fraction of sp³-hybridized carbons (Fsp3) is 0.583. The van der Waals surface area contributed by atoms with Gasteiger partial charge in [0.05, 0.1) is 10.7 Å². The second kappa shape index (κ2) is 6.07. The zero-order valence-electron chi connectivity index (χ0n) is 10.9. The molecule has 0 fully saturated rings. The Kier molecular flexibility index (Phi) is 5.02. The van der Waals surface area contributed by atoms with Crippen LogP contribution in [0.2, 0.25) is 5.02 Å². The summed E-state index contributed by atoms with van der Waals surface area (Å²) in [6.07, 6.45) is 1.64. The zero-order valence-corrected chi connectivity index (χ0v) is 11.7. The van der Waals surface area contributed by atoms with Crippen LogP contribution in [0.15, 0.2) is 12.3 Å². The highest BCUT2D eigenvalue weighted by molar-refractivity contribution is 6.30. The van der Waals surface area contributed by atoms with E-state index in [4.69, 9.17) is 17.3 Å². The highest BCUT2D eigenvalue weighted by Gasteiger charge is 2.17. The van der Waals surface area contributed by atoms with E-state index in [1.54, 1.807) is 12.3 Å². The van der Waals surface area contributed by atoms with E-state index in [1.807, 2.05) is 0 Å². The number of halogens is 1. The predicted molar refractivity (Wildman–Crippen MR) is 74.7 cm³/mol. The highest BCUT2D eigenvalue weighted by Crippen LogP contribution is 2.24. The Morgan fingerprint density at radius 1 is 1.47 bits per heavy atom. The summed E-state index contributed by atoms with van der Waals surface area (Å²) in [5.74, 6) is 0.811. The van der Waals surface area contributed by atoms with Gasteiger partial charge >= 0.3 is 0 Å². The molecule has 96 valence electrons. The minimum absolute atomic E-state index is 0.353. The summed E-state index contributed by atoms with van der Waals surface area (Å²) in [5, 5.41) is 0.572. The lowest BCUT2D eigenvalue weighted by atomic mass is 10.2. The lowest BCUT2D eigenvalue weighted by molar-refractivity contribution is 0.372. The number of pyridine rings is 1. The SMILES string of the molecule is CCN(c1ncc(Cl)cc1N)C(C)CN(C)C. The van der Waals surface area contributed by atoms with Crippen molar-refractivity contribution < 1.29 is 0 Å². The first kappa shape index (κ1) is 14.1. The number of nitrogens with two attached hydrogens (primary N) is 1. The van der Waals surface area contributed by atoms with Gasteiger partial charge in [0, 0.05) is 25.3 Å². The summed E-state index contributed by atoms with van der Waals surface area (Å²) in [7, 11) is 4.12. The Balaban J connectivity index is 2.93. The largest absolute Gasteiger partial charge is 0.396 e. The maximum atomic E-state index is 5.96. The van der Waals surface area contributed by atoms with Crippen molar-refractivity contribution in [2.75, 3.05) is 37.8 Å². The van der Waals surface area contributed by atoms with Crippen molar-refractivity contribution in [1.82, 2.24) is 9.88 Å². The quantitative estimate of drug-likeness (QED) is 0.876. The Morgan fingerprint density at radius 3 is 2.59 bits per heavy atom. The standard InChI is InChI=1S/C12H21ClN4/c1-5-17(9(2)8-16(3)4)12-11(14)6-10(13)7-15-12/h6-7,9H,5,8,14H2,1-4H3. The first-order chi connectivity index (χ1) is 7.95. The van der Waals surface area contributed by atoms with Gasteiger partial charge in [0.15, 0.2) is 5.82 Å². The number of hydrogen-bond donors (Lipinski definition) is 1. The number of nitrogen functional groups attached to an aromatic ring is 1. The molecule has 1 aromatic heterocycles. The van der Waals surface area contributed by atoms with E-state index in [0.29, 0.717) is 16.8 Å². The molecule has 0 saturated carbocycles. The maximum absolute atomic E-state index is 5.96. The van der Waals surface area contributed by atoms with Gasteiger partial charge in [-0.3, -0.25) is 0 Å². The van der Waals surface area contributed by atoms with Crippen molar-refractivity contribution in [3.8, 4) is 0 Å². The van der Waals surface area contributed by atoms with E-state index in [1.165, 1.54) is 0 Å². The molecule has 2 N–H and O–H groups in total. The molecule has 1 atom stereocenters. The van der Waals surface area contributed by atoms with Gasteiger partial charge in [-0.05, 0) is 34.0 Å². The molecular formula is C12H21ClN4. The fourth-order valence-electron chi connectivity index (χ4n) is 1.98. The number of anilines is 2. The molecular weight excluding hydrogens is 236 g/mol. The van der Waals surface area contributed by atoms with Crippen LogP contribution in [0, 0.1) is 0 Å². The van der Waals surface area contributed by atoms with E-state index in [0.717, 1.165) is 18.9 Å². The van der Waals surface area contributed by atoms with Gasteiger partial charge in [-0.15, -0.1) is 0 Å². The van der Waals surface area contributed by atoms with Gasteiger partial charge in [0.1, 0.15) is 0 Å². The number of nitrogens with zero attached hydrogens (tertiary/aromatic N) is 3. The Morgan fingerprint density at radius 2 is 2.12 bits per heavy atom. The van der Waals surface area contributed by atoms with Crippen LogP contribution < -0.4 is 10.6 Å². The van der Waals surface area contributed by atoms with Gasteiger partial charge in [-0.25, -0.2) is 4.98 Å². The number of rotatable bonds is 5. The van der Waals surface area contributed by atoms with Crippen molar-refractivity contribution in [3.05, 3.63) is 17.3 Å². The summed E-state index contributed by atoms with van der Waals surface area (Å²) in [4.78, 5) is 8.67. The summed E-state index contributed by atoms with van der Waals surface area (Å²) in [6.45, 7) is 6.09. The number of hydrogen-bond acceptors (Lipinski definition) is 4. The highest BCUT2D eigenvalue weighted by atomic mass is 35.5. The third-order valence-corrected chi connectivity index (χ3v) is 2.84. The number of likely N-dealkylation sites (N-methyl/N-ethyl adjacent to an activating group) is 2. The van der Waals surface area contributed by atoms with E-state index in [9.17, 15) is 0 Å². The van der Waals surface area contributed by atoms with Crippen molar-refractivity contribution >= 4 is 23.1 Å². The van der Waals surface area contributed by atoms with Crippen LogP contribution in [0.25, 0.3) is 0 Å². The molecule has 0 amide bonds. The zero-order chi connectivity index (χ0) is 13.0. The molecule has 0 aliphatic heterocycles. The second-order valence-corrected chi connectivity index (χ2v) is 4.90. The fourth-order valence-corrected chi connectivity index (χ4v) is 2.15. The van der Waals surface area contributed by atoms with Gasteiger partial charge in [0.2, 0.25) is 0 Å². The molecule has 0 radical (unpaired) electrons. The van der Waals surface area contributed by atoms with Crippen molar-refractivity contribution in [2.24, 2.45) is 0 Å². The van der Waals surface area contributed by atoms with E-state index in [2.05, 4.69) is 42.7 Å². The molecule has 17 heavy (non-hydrogen) atoms. The van der Waals surface area contributed by atoms with Crippen molar-refractivity contribution in [2.45, 2.75) is 19.9 Å². The predicted octanol–water partition coefficient (Wildman–Crippen LogP) is 2.09. The summed E-state index contributed by atoms with van der Waals surface area (Å²) in [6, 6.07) is 2.10. The average molecular weight is 257 g/mol. The molecule has 1 unspecified atom stereocenters. The molecule has 0 aliphatic carbocycles. The molecule has 5 heteroatoms. The van der Waals surface area contributed by atoms with Crippen LogP contribution in [-0.4, -0.2) is 43.1 Å². The maximum Gasteiger partial charge on any atom is 0.152 e. The smallest absolute Gasteiger partial charge is 0.152 e. The summed E-state index contributed by atoms with van der Waals surface area (Å²) >= 11 is 5.86. The molecule has 1 heterocycles. The van der Waals surface area contributed by atoms with Crippen LogP contribution in [-0.2, 0) is 0 Å². The summed E-state index contributed by atoms with van der Waals surface area (Å²) in [5.41, 5.74) is 6.59. The molecule has 0 saturated heterocycles. The van der Waals surface area contributed by atoms with Gasteiger partial charge in [0.25, 0.3) is 0 Å². The normalized spacial score (nSPS) is 12.8. The van der Waals surface area contributed by atoms with Crippen molar-refractivity contribution in [1.29, 1.82) is 0 Å². The van der Waals surface area contributed by atoms with Gasteiger partial charge in [-0.2, -0.15) is 0 Å².